The number of carbonyl (C=O) groups is 2. The van der Waals surface area contributed by atoms with Crippen molar-refractivity contribution in [2.24, 2.45) is 11.8 Å². The number of esters is 1. The van der Waals surface area contributed by atoms with Gasteiger partial charge < -0.3 is 19.1 Å². The van der Waals surface area contributed by atoms with Crippen LogP contribution >= 0.6 is 0 Å². The predicted octanol–water partition coefficient (Wildman–Crippen LogP) is 4.85. The molecule has 1 fully saturated rings. The molecule has 6 nitrogen and oxygen atoms in total. The Morgan fingerprint density at radius 1 is 0.892 bits per heavy atom. The van der Waals surface area contributed by atoms with E-state index < -0.39 is 23.9 Å². The van der Waals surface area contributed by atoms with Crippen molar-refractivity contribution < 1.29 is 23.8 Å². The molecule has 3 aromatic carbocycles. The van der Waals surface area contributed by atoms with Crippen molar-refractivity contribution in [1.82, 2.24) is 4.90 Å². The first kappa shape index (κ1) is 24.8. The van der Waals surface area contributed by atoms with Gasteiger partial charge in [0.15, 0.2) is 0 Å². The average molecular weight is 498 g/mol. The fourth-order valence-electron chi connectivity index (χ4n) is 5.20. The molecule has 0 spiro atoms. The van der Waals surface area contributed by atoms with Crippen LogP contribution in [0.2, 0.25) is 0 Å². The number of fused-ring (bicyclic) bond motifs is 1. The fourth-order valence-corrected chi connectivity index (χ4v) is 5.20. The van der Waals surface area contributed by atoms with Crippen LogP contribution in [-0.2, 0) is 37.0 Å². The van der Waals surface area contributed by atoms with E-state index in [9.17, 15) is 9.59 Å². The maximum Gasteiger partial charge on any atom is 0.347 e. The summed E-state index contributed by atoms with van der Waals surface area (Å²) in [5.41, 5.74) is 2.89. The van der Waals surface area contributed by atoms with Gasteiger partial charge >= 0.3 is 5.97 Å². The van der Waals surface area contributed by atoms with E-state index in [4.69, 9.17) is 14.2 Å². The normalized spacial score (nSPS) is 22.7. The van der Waals surface area contributed by atoms with E-state index >= 15 is 0 Å². The van der Waals surface area contributed by atoms with Crippen molar-refractivity contribution in [3.63, 3.8) is 0 Å². The van der Waals surface area contributed by atoms with Gasteiger partial charge in [0.1, 0.15) is 5.76 Å². The van der Waals surface area contributed by atoms with Crippen LogP contribution in [-0.4, -0.2) is 42.1 Å². The second kappa shape index (κ2) is 11.4. The predicted molar refractivity (Wildman–Crippen MR) is 140 cm³/mol. The van der Waals surface area contributed by atoms with E-state index in [1.165, 1.54) is 0 Å². The Morgan fingerprint density at radius 3 is 2.16 bits per heavy atom. The molecule has 1 amide bonds. The molecule has 2 heterocycles. The monoisotopic (exact) mass is 497 g/mol. The zero-order chi connectivity index (χ0) is 25.6. The maximum absolute atomic E-state index is 13.9. The highest BCUT2D eigenvalue weighted by Gasteiger charge is 2.56. The van der Waals surface area contributed by atoms with E-state index in [1.54, 1.807) is 6.92 Å². The van der Waals surface area contributed by atoms with Gasteiger partial charge in [0.25, 0.3) is 0 Å². The van der Waals surface area contributed by atoms with Gasteiger partial charge in [-0.25, -0.2) is 4.79 Å². The Bertz CT molecular complexity index is 1230. The van der Waals surface area contributed by atoms with E-state index in [0.717, 1.165) is 16.7 Å². The summed E-state index contributed by atoms with van der Waals surface area (Å²) in [4.78, 5) is 28.9. The first-order valence-corrected chi connectivity index (χ1v) is 12.7. The number of carbonyl (C=O) groups excluding carboxylic acids is 2. The highest BCUT2D eigenvalue weighted by Crippen LogP contribution is 2.43. The number of hydrogen-bond acceptors (Lipinski definition) is 5. The third-order valence-electron chi connectivity index (χ3n) is 6.94. The minimum absolute atomic E-state index is 0.0341. The number of likely N-dealkylation sites (tertiary alicyclic amines) is 1. The first-order chi connectivity index (χ1) is 18.2. The minimum Gasteiger partial charge on any atom is -0.478 e. The molecule has 1 saturated heterocycles. The molecule has 0 N–H and O–H groups in total. The average Bonchev–Trinajstić information content (AvgIpc) is 3.20. The SMILES string of the molecule is CCOC(=O)[C@H]1OC(c2ccccc2)=C[C@@H]2C(=O)N(Cc3ccccc3)[C@@H](COCc3ccccc3)[C@@H]21. The van der Waals surface area contributed by atoms with Crippen LogP contribution in [0.3, 0.4) is 0 Å². The molecule has 37 heavy (non-hydrogen) atoms. The van der Waals surface area contributed by atoms with Crippen molar-refractivity contribution in [2.45, 2.75) is 32.2 Å². The van der Waals surface area contributed by atoms with Gasteiger partial charge in [0, 0.05) is 18.0 Å². The molecule has 3 aromatic rings. The number of nitrogens with zero attached hydrogens (tertiary/aromatic N) is 1. The molecule has 0 aliphatic carbocycles. The Labute approximate surface area is 217 Å². The van der Waals surface area contributed by atoms with Crippen molar-refractivity contribution in [2.75, 3.05) is 13.2 Å². The zero-order valence-corrected chi connectivity index (χ0v) is 20.9. The topological polar surface area (TPSA) is 65.1 Å². The molecule has 4 atom stereocenters. The summed E-state index contributed by atoms with van der Waals surface area (Å²) < 4.78 is 17.9. The highest BCUT2D eigenvalue weighted by molar-refractivity contribution is 5.89. The lowest BCUT2D eigenvalue weighted by Gasteiger charge is -2.35. The summed E-state index contributed by atoms with van der Waals surface area (Å²) in [5, 5.41) is 0. The van der Waals surface area contributed by atoms with Gasteiger partial charge in [0.05, 0.1) is 31.8 Å². The number of rotatable bonds is 9. The van der Waals surface area contributed by atoms with Gasteiger partial charge in [-0.05, 0) is 24.1 Å². The van der Waals surface area contributed by atoms with E-state index in [1.807, 2.05) is 102 Å². The number of benzene rings is 3. The zero-order valence-electron chi connectivity index (χ0n) is 20.9. The Balaban J connectivity index is 1.48. The summed E-state index contributed by atoms with van der Waals surface area (Å²) in [5.74, 6) is -0.917. The van der Waals surface area contributed by atoms with Crippen LogP contribution in [0.5, 0.6) is 0 Å². The van der Waals surface area contributed by atoms with E-state index in [2.05, 4.69) is 0 Å². The van der Waals surface area contributed by atoms with Crippen molar-refractivity contribution in [3.8, 4) is 0 Å². The van der Waals surface area contributed by atoms with E-state index in [-0.39, 0.29) is 25.2 Å². The number of amides is 1. The molecule has 0 unspecified atom stereocenters. The molecular formula is C31H31NO5. The molecule has 5 rings (SSSR count). The third kappa shape index (κ3) is 5.44. The van der Waals surface area contributed by atoms with Crippen LogP contribution in [0, 0.1) is 11.8 Å². The second-order valence-electron chi connectivity index (χ2n) is 9.31. The summed E-state index contributed by atoms with van der Waals surface area (Å²) in [6.07, 6.45) is 0.952. The summed E-state index contributed by atoms with van der Waals surface area (Å²) in [6, 6.07) is 29.0. The quantitative estimate of drug-likeness (QED) is 0.396. The number of hydrogen-bond donors (Lipinski definition) is 0. The van der Waals surface area contributed by atoms with Crippen molar-refractivity contribution >= 4 is 17.6 Å². The van der Waals surface area contributed by atoms with Gasteiger partial charge in [-0.3, -0.25) is 4.79 Å². The molecule has 190 valence electrons. The summed E-state index contributed by atoms with van der Waals surface area (Å²) >= 11 is 0. The van der Waals surface area contributed by atoms with Crippen LogP contribution in [0.15, 0.2) is 97.1 Å². The molecule has 0 bridgehead atoms. The lowest BCUT2D eigenvalue weighted by Crippen LogP contribution is -2.46. The Morgan fingerprint density at radius 2 is 1.51 bits per heavy atom. The van der Waals surface area contributed by atoms with Gasteiger partial charge in [-0.1, -0.05) is 91.0 Å². The van der Waals surface area contributed by atoms with Gasteiger partial charge in [-0.2, -0.15) is 0 Å². The largest absolute Gasteiger partial charge is 0.478 e. The Hall–Kier alpha value is -3.90. The van der Waals surface area contributed by atoms with Crippen molar-refractivity contribution in [1.29, 1.82) is 0 Å². The van der Waals surface area contributed by atoms with Gasteiger partial charge in [0.2, 0.25) is 12.0 Å². The summed E-state index contributed by atoms with van der Waals surface area (Å²) in [6.45, 7) is 3.13. The fraction of sp³-hybridized carbons (Fsp3) is 0.290. The molecule has 2 aliphatic heterocycles. The molecule has 2 aliphatic rings. The molecule has 0 aromatic heterocycles. The molecule has 0 saturated carbocycles. The first-order valence-electron chi connectivity index (χ1n) is 12.7. The lowest BCUT2D eigenvalue weighted by molar-refractivity contribution is -0.158. The lowest BCUT2D eigenvalue weighted by atomic mass is 9.82. The van der Waals surface area contributed by atoms with Crippen LogP contribution in [0.1, 0.15) is 23.6 Å². The molecule has 6 heteroatoms. The second-order valence-corrected chi connectivity index (χ2v) is 9.31. The molecular weight excluding hydrogens is 466 g/mol. The Kier molecular flexibility index (Phi) is 7.66. The minimum atomic E-state index is -0.916. The number of ether oxygens (including phenoxy) is 3. The smallest absolute Gasteiger partial charge is 0.347 e. The van der Waals surface area contributed by atoms with Crippen LogP contribution in [0.4, 0.5) is 0 Å². The maximum atomic E-state index is 13.9. The van der Waals surface area contributed by atoms with E-state index in [0.29, 0.717) is 18.9 Å². The van der Waals surface area contributed by atoms with Crippen molar-refractivity contribution in [3.05, 3.63) is 114 Å². The van der Waals surface area contributed by atoms with Gasteiger partial charge in [-0.15, -0.1) is 0 Å². The highest BCUT2D eigenvalue weighted by atomic mass is 16.6. The van der Waals surface area contributed by atoms with Crippen LogP contribution < -0.4 is 0 Å². The van der Waals surface area contributed by atoms with Crippen LogP contribution in [0.25, 0.3) is 5.76 Å². The standard InChI is InChI=1S/C31H31NO5/c1-2-36-31(34)29-28-25(18-27(37-29)24-16-10-5-11-17-24)30(33)32(19-22-12-6-3-7-13-22)26(28)21-35-20-23-14-8-4-9-15-23/h3-18,25-26,28-29H,2,19-21H2,1H3/t25-,26-,28+,29-/m0/s1. The third-order valence-corrected chi connectivity index (χ3v) is 6.94. The summed E-state index contributed by atoms with van der Waals surface area (Å²) in [7, 11) is 0. The molecule has 0 radical (unpaired) electrons.